The molecule has 0 spiro atoms. The summed E-state index contributed by atoms with van der Waals surface area (Å²) in [6.45, 7) is 6.09. The first-order chi connectivity index (χ1) is 12.6. The van der Waals surface area contributed by atoms with Crippen LogP contribution in [0.3, 0.4) is 0 Å². The zero-order valence-electron chi connectivity index (χ0n) is 15.3. The van der Waals surface area contributed by atoms with Gasteiger partial charge in [-0.2, -0.15) is 0 Å². The van der Waals surface area contributed by atoms with E-state index in [1.165, 1.54) is 6.21 Å². The summed E-state index contributed by atoms with van der Waals surface area (Å²) in [5.74, 6) is 1.71. The minimum absolute atomic E-state index is 0.198. The molecule has 0 saturated carbocycles. The molecule has 26 heavy (non-hydrogen) atoms. The average Bonchev–Trinajstić information content (AvgIpc) is 2.61. The highest BCUT2D eigenvalue weighted by molar-refractivity contribution is 6.55. The fourth-order valence-electron chi connectivity index (χ4n) is 2.39. The second-order valence-corrected chi connectivity index (χ2v) is 6.68. The molecular formula is C19H27Cl2NO4. The molecule has 1 N–H and O–H groups in total. The largest absolute Gasteiger partial charge is 0.493 e. The molecule has 0 aliphatic heterocycles. The molecule has 5 nitrogen and oxygen atoms in total. The lowest BCUT2D eigenvalue weighted by Gasteiger charge is -2.15. The number of nitrogens with zero attached hydrogens (tertiary/aromatic N) is 1. The van der Waals surface area contributed by atoms with Gasteiger partial charge in [-0.3, -0.25) is 0 Å². The highest BCUT2D eigenvalue weighted by Gasteiger charge is 2.09. The maximum absolute atomic E-state index is 8.25. The Labute approximate surface area is 165 Å². The van der Waals surface area contributed by atoms with Gasteiger partial charge in [0, 0.05) is 6.61 Å². The van der Waals surface area contributed by atoms with Crippen LogP contribution in [0.4, 0.5) is 0 Å². The molecule has 0 saturated heterocycles. The Morgan fingerprint density at radius 3 is 2.58 bits per heavy atom. The molecule has 0 radical (unpaired) electrons. The number of hydrogen-bond acceptors (Lipinski definition) is 5. The van der Waals surface area contributed by atoms with Gasteiger partial charge in [0.15, 0.2) is 0 Å². The first kappa shape index (κ1) is 22.6. The van der Waals surface area contributed by atoms with Crippen LogP contribution >= 0.6 is 23.2 Å². The van der Waals surface area contributed by atoms with Crippen LogP contribution in [-0.2, 0) is 11.2 Å². The van der Waals surface area contributed by atoms with Gasteiger partial charge in [0.1, 0.15) is 22.6 Å². The predicted molar refractivity (Wildman–Crippen MR) is 106 cm³/mol. The zero-order chi connectivity index (χ0) is 19.2. The molecule has 1 aromatic rings. The number of benzene rings is 1. The minimum atomic E-state index is 0.198. The quantitative estimate of drug-likeness (QED) is 0.210. The Morgan fingerprint density at radius 2 is 1.88 bits per heavy atom. The maximum Gasteiger partial charge on any atom is 0.125 e. The third kappa shape index (κ3) is 9.32. The summed E-state index contributed by atoms with van der Waals surface area (Å²) in [4.78, 5) is 0. The molecule has 0 aliphatic carbocycles. The molecule has 0 atom stereocenters. The van der Waals surface area contributed by atoms with Crippen molar-refractivity contribution >= 4 is 29.4 Å². The highest BCUT2D eigenvalue weighted by Crippen LogP contribution is 2.30. The molecule has 0 aromatic heterocycles. The van der Waals surface area contributed by atoms with Gasteiger partial charge < -0.3 is 19.4 Å². The van der Waals surface area contributed by atoms with Crippen molar-refractivity contribution in [1.82, 2.24) is 0 Å². The van der Waals surface area contributed by atoms with Crippen LogP contribution in [0.5, 0.6) is 11.5 Å². The molecular weight excluding hydrogens is 377 g/mol. The third-order valence-corrected chi connectivity index (χ3v) is 3.96. The fourth-order valence-corrected chi connectivity index (χ4v) is 2.52. The van der Waals surface area contributed by atoms with Gasteiger partial charge >= 0.3 is 0 Å². The standard InChI is InChI=1S/C19H27Cl2NO4/c1-3-16-14-17(25-11-7-18(20)21)13-15(2)19(16)26-10-6-4-5-9-24-12-8-22-23/h7-8,13-14,23H,3-6,9-12H2,1-2H3. The molecule has 0 unspecified atom stereocenters. The van der Waals surface area contributed by atoms with Gasteiger partial charge in [0.05, 0.1) is 19.4 Å². The Kier molecular flexibility index (Phi) is 11.9. The van der Waals surface area contributed by atoms with E-state index in [-0.39, 0.29) is 4.49 Å². The summed E-state index contributed by atoms with van der Waals surface area (Å²) in [5, 5.41) is 11.1. The third-order valence-electron chi connectivity index (χ3n) is 3.65. The van der Waals surface area contributed by atoms with Crippen LogP contribution in [-0.4, -0.2) is 37.8 Å². The zero-order valence-corrected chi connectivity index (χ0v) is 16.9. The lowest BCUT2D eigenvalue weighted by molar-refractivity contribution is 0.164. The van der Waals surface area contributed by atoms with E-state index >= 15 is 0 Å². The minimum Gasteiger partial charge on any atom is -0.493 e. The van der Waals surface area contributed by atoms with E-state index < -0.39 is 0 Å². The number of aryl methyl sites for hydroxylation is 2. The van der Waals surface area contributed by atoms with Gasteiger partial charge in [-0.1, -0.05) is 35.3 Å². The second-order valence-electron chi connectivity index (χ2n) is 5.67. The first-order valence-electron chi connectivity index (χ1n) is 8.72. The summed E-state index contributed by atoms with van der Waals surface area (Å²) in [5.41, 5.74) is 2.17. The molecule has 0 aliphatic rings. The summed E-state index contributed by atoms with van der Waals surface area (Å²) in [7, 11) is 0. The molecule has 1 rings (SSSR count). The van der Waals surface area contributed by atoms with E-state index in [4.69, 9.17) is 42.6 Å². The first-order valence-corrected chi connectivity index (χ1v) is 9.48. The average molecular weight is 404 g/mol. The van der Waals surface area contributed by atoms with E-state index in [9.17, 15) is 0 Å². The molecule has 0 heterocycles. The number of halogens is 2. The van der Waals surface area contributed by atoms with Crippen molar-refractivity contribution in [3.63, 3.8) is 0 Å². The van der Waals surface area contributed by atoms with Crippen LogP contribution in [0.1, 0.15) is 37.3 Å². The monoisotopic (exact) mass is 403 g/mol. The van der Waals surface area contributed by atoms with Crippen LogP contribution in [0, 0.1) is 6.92 Å². The predicted octanol–water partition coefficient (Wildman–Crippen LogP) is 5.28. The van der Waals surface area contributed by atoms with Gasteiger partial charge in [-0.15, -0.1) is 0 Å². The van der Waals surface area contributed by atoms with E-state index in [2.05, 4.69) is 12.1 Å². The Balaban J connectivity index is 2.42. The Hall–Kier alpha value is -1.43. The van der Waals surface area contributed by atoms with Gasteiger partial charge in [0.2, 0.25) is 0 Å². The molecule has 0 amide bonds. The highest BCUT2D eigenvalue weighted by atomic mass is 35.5. The maximum atomic E-state index is 8.25. The molecule has 0 fully saturated rings. The van der Waals surface area contributed by atoms with Crippen molar-refractivity contribution in [1.29, 1.82) is 0 Å². The smallest absolute Gasteiger partial charge is 0.125 e. The van der Waals surface area contributed by atoms with E-state index in [1.807, 2.05) is 19.1 Å². The normalized spacial score (nSPS) is 10.9. The van der Waals surface area contributed by atoms with E-state index in [0.29, 0.717) is 26.4 Å². The lowest BCUT2D eigenvalue weighted by Crippen LogP contribution is -2.04. The Bertz CT molecular complexity index is 587. The van der Waals surface area contributed by atoms with Crippen molar-refractivity contribution in [2.75, 3.05) is 26.4 Å². The van der Waals surface area contributed by atoms with Gasteiger partial charge in [-0.25, -0.2) is 0 Å². The number of unbranched alkanes of at least 4 members (excludes halogenated alkanes) is 2. The van der Waals surface area contributed by atoms with Crippen molar-refractivity contribution < 1.29 is 19.4 Å². The van der Waals surface area contributed by atoms with Gasteiger partial charge in [0.25, 0.3) is 0 Å². The summed E-state index contributed by atoms with van der Waals surface area (Å²) in [6, 6.07) is 3.95. The fraction of sp³-hybridized carbons (Fsp3) is 0.526. The molecule has 0 bridgehead atoms. The van der Waals surface area contributed by atoms with Crippen molar-refractivity contribution in [3.05, 3.63) is 33.8 Å². The van der Waals surface area contributed by atoms with E-state index in [0.717, 1.165) is 48.3 Å². The lowest BCUT2D eigenvalue weighted by atomic mass is 10.1. The number of hydrogen-bond donors (Lipinski definition) is 1. The van der Waals surface area contributed by atoms with E-state index in [1.54, 1.807) is 6.08 Å². The van der Waals surface area contributed by atoms with Crippen molar-refractivity contribution in [2.24, 2.45) is 5.16 Å². The number of rotatable bonds is 13. The Morgan fingerprint density at radius 1 is 1.12 bits per heavy atom. The molecule has 146 valence electrons. The summed E-state index contributed by atoms with van der Waals surface area (Å²) in [6.07, 6.45) is 6.72. The molecule has 1 aromatic carbocycles. The molecule has 7 heteroatoms. The second kappa shape index (κ2) is 13.7. The SMILES string of the molecule is CCc1cc(OCC=C(Cl)Cl)cc(C)c1OCCCCCOCC=NO. The summed E-state index contributed by atoms with van der Waals surface area (Å²) >= 11 is 11.2. The topological polar surface area (TPSA) is 60.3 Å². The van der Waals surface area contributed by atoms with Crippen LogP contribution in [0.2, 0.25) is 0 Å². The van der Waals surface area contributed by atoms with Gasteiger partial charge in [-0.05, 0) is 61.9 Å². The van der Waals surface area contributed by atoms with Crippen LogP contribution in [0.25, 0.3) is 0 Å². The van der Waals surface area contributed by atoms with Crippen LogP contribution < -0.4 is 9.47 Å². The van der Waals surface area contributed by atoms with Crippen molar-refractivity contribution in [3.8, 4) is 11.5 Å². The van der Waals surface area contributed by atoms with Crippen LogP contribution in [0.15, 0.2) is 27.9 Å². The number of oxime groups is 1. The van der Waals surface area contributed by atoms with Crippen molar-refractivity contribution in [2.45, 2.75) is 39.5 Å². The summed E-state index contributed by atoms with van der Waals surface area (Å²) < 4.78 is 17.1. The number of ether oxygens (including phenoxy) is 3.